The van der Waals surface area contributed by atoms with Gasteiger partial charge in [-0.05, 0) is 17.7 Å². The van der Waals surface area contributed by atoms with Gasteiger partial charge >= 0.3 is 0 Å². The van der Waals surface area contributed by atoms with E-state index in [1.54, 1.807) is 0 Å². The minimum absolute atomic E-state index is 0. The van der Waals surface area contributed by atoms with Crippen molar-refractivity contribution in [3.8, 4) is 0 Å². The summed E-state index contributed by atoms with van der Waals surface area (Å²) in [6.07, 6.45) is 0. The molecule has 5 heteroatoms. The molecule has 1 aliphatic rings. The first-order valence-electron chi connectivity index (χ1n) is 4.98. The molecule has 0 saturated carbocycles. The molecule has 1 aliphatic heterocycles. The average Bonchev–Trinajstić information content (AvgIpc) is 2.25. The number of hydrogen-bond acceptors (Lipinski definition) is 2. The predicted molar refractivity (Wildman–Crippen MR) is 69.7 cm³/mol. The Balaban J connectivity index is 0.00000128. The Morgan fingerprint density at radius 2 is 2.00 bits per heavy atom. The van der Waals surface area contributed by atoms with Crippen LogP contribution in [0.4, 0.5) is 0 Å². The molecule has 1 fully saturated rings. The van der Waals surface area contributed by atoms with Gasteiger partial charge in [0.15, 0.2) is 0 Å². The van der Waals surface area contributed by atoms with Gasteiger partial charge in [0.05, 0.1) is 6.54 Å². The third-order valence-electron chi connectivity index (χ3n) is 2.47. The van der Waals surface area contributed by atoms with Crippen LogP contribution in [0, 0.1) is 0 Å². The van der Waals surface area contributed by atoms with Gasteiger partial charge < -0.3 is 10.2 Å². The Morgan fingerprint density at radius 1 is 1.31 bits per heavy atom. The van der Waals surface area contributed by atoms with Crippen LogP contribution in [-0.2, 0) is 11.3 Å². The number of amides is 1. The van der Waals surface area contributed by atoms with Gasteiger partial charge in [0.25, 0.3) is 0 Å². The summed E-state index contributed by atoms with van der Waals surface area (Å²) in [6, 6.07) is 8.09. The molecule has 0 aromatic heterocycles. The van der Waals surface area contributed by atoms with Gasteiger partial charge in [-0.1, -0.05) is 28.1 Å². The van der Waals surface area contributed by atoms with Gasteiger partial charge in [-0.25, -0.2) is 0 Å². The van der Waals surface area contributed by atoms with E-state index in [0.29, 0.717) is 13.1 Å². The molecular weight excluding hydrogens is 291 g/mol. The first-order valence-corrected chi connectivity index (χ1v) is 5.78. The Bertz CT molecular complexity index is 356. The number of carbonyl (C=O) groups is 1. The minimum Gasteiger partial charge on any atom is -0.336 e. The first-order chi connectivity index (χ1) is 7.25. The maximum atomic E-state index is 11.5. The van der Waals surface area contributed by atoms with Crippen LogP contribution in [-0.4, -0.2) is 30.4 Å². The predicted octanol–water partition coefficient (Wildman–Crippen LogP) is 1.80. The van der Waals surface area contributed by atoms with E-state index < -0.39 is 0 Å². The van der Waals surface area contributed by atoms with E-state index >= 15 is 0 Å². The number of benzene rings is 1. The zero-order chi connectivity index (χ0) is 10.7. The van der Waals surface area contributed by atoms with Crippen LogP contribution in [0.1, 0.15) is 5.56 Å². The summed E-state index contributed by atoms with van der Waals surface area (Å²) in [5, 5.41) is 3.06. The number of nitrogens with zero attached hydrogens (tertiary/aromatic N) is 1. The number of hydrogen-bond donors (Lipinski definition) is 1. The highest BCUT2D eigenvalue weighted by Crippen LogP contribution is 2.12. The highest BCUT2D eigenvalue weighted by Gasteiger charge is 2.17. The van der Waals surface area contributed by atoms with Crippen molar-refractivity contribution in [1.29, 1.82) is 0 Å². The fourth-order valence-electron chi connectivity index (χ4n) is 1.62. The lowest BCUT2D eigenvalue weighted by molar-refractivity contribution is -0.132. The Kier molecular flexibility index (Phi) is 5.25. The maximum absolute atomic E-state index is 11.5. The molecule has 16 heavy (non-hydrogen) atoms. The molecule has 1 aromatic rings. The molecule has 0 aliphatic carbocycles. The maximum Gasteiger partial charge on any atom is 0.236 e. The van der Waals surface area contributed by atoms with Crippen molar-refractivity contribution in [2.24, 2.45) is 0 Å². The lowest BCUT2D eigenvalue weighted by atomic mass is 10.2. The zero-order valence-electron chi connectivity index (χ0n) is 8.78. The Labute approximate surface area is 110 Å². The highest BCUT2D eigenvalue weighted by molar-refractivity contribution is 9.10. The summed E-state index contributed by atoms with van der Waals surface area (Å²) in [4.78, 5) is 13.4. The van der Waals surface area contributed by atoms with Crippen molar-refractivity contribution < 1.29 is 4.79 Å². The molecule has 1 heterocycles. The van der Waals surface area contributed by atoms with Crippen molar-refractivity contribution in [2.75, 3.05) is 19.6 Å². The van der Waals surface area contributed by atoms with Crippen LogP contribution in [0.15, 0.2) is 28.7 Å². The van der Waals surface area contributed by atoms with E-state index in [1.165, 1.54) is 5.56 Å². The molecule has 0 bridgehead atoms. The molecule has 1 N–H and O–H groups in total. The average molecular weight is 306 g/mol. The lowest BCUT2D eigenvalue weighted by Crippen LogP contribution is -2.47. The van der Waals surface area contributed by atoms with Gasteiger partial charge in [-0.15, -0.1) is 12.4 Å². The number of carbonyl (C=O) groups excluding carboxylic acids is 1. The Hall–Kier alpha value is -0.580. The van der Waals surface area contributed by atoms with E-state index in [4.69, 9.17) is 0 Å². The molecule has 2 rings (SSSR count). The molecule has 3 nitrogen and oxygen atoms in total. The number of nitrogens with one attached hydrogen (secondary N) is 1. The van der Waals surface area contributed by atoms with E-state index in [1.807, 2.05) is 29.2 Å². The van der Waals surface area contributed by atoms with Gasteiger partial charge in [0, 0.05) is 24.1 Å². The van der Waals surface area contributed by atoms with Crippen LogP contribution < -0.4 is 5.32 Å². The summed E-state index contributed by atoms with van der Waals surface area (Å²) in [6.45, 7) is 2.88. The second-order valence-electron chi connectivity index (χ2n) is 3.62. The van der Waals surface area contributed by atoms with Crippen LogP contribution in [0.5, 0.6) is 0 Å². The third kappa shape index (κ3) is 3.47. The number of rotatable bonds is 2. The van der Waals surface area contributed by atoms with Crippen LogP contribution >= 0.6 is 28.3 Å². The van der Waals surface area contributed by atoms with Crippen molar-refractivity contribution in [1.82, 2.24) is 10.2 Å². The number of halogens is 2. The topological polar surface area (TPSA) is 32.3 Å². The zero-order valence-corrected chi connectivity index (χ0v) is 11.2. The standard InChI is InChI=1S/C11H13BrN2O.ClH/c12-10-3-1-9(2-4-10)8-14-6-5-13-7-11(14)15;/h1-4,13H,5-8H2;1H. The number of piperazine rings is 1. The molecule has 0 radical (unpaired) electrons. The summed E-state index contributed by atoms with van der Waals surface area (Å²) >= 11 is 3.39. The van der Waals surface area contributed by atoms with E-state index in [-0.39, 0.29) is 18.3 Å². The molecule has 0 spiro atoms. The molecule has 1 amide bonds. The molecule has 0 atom stereocenters. The second kappa shape index (κ2) is 6.23. The first kappa shape index (κ1) is 13.5. The summed E-state index contributed by atoms with van der Waals surface area (Å²) in [7, 11) is 0. The van der Waals surface area contributed by atoms with Gasteiger partial charge in [0.1, 0.15) is 0 Å². The van der Waals surface area contributed by atoms with Crippen LogP contribution in [0.3, 0.4) is 0 Å². The smallest absolute Gasteiger partial charge is 0.236 e. The Morgan fingerprint density at radius 3 is 2.62 bits per heavy atom. The molecule has 1 saturated heterocycles. The van der Waals surface area contributed by atoms with E-state index in [2.05, 4.69) is 21.2 Å². The molecular formula is C11H14BrClN2O. The summed E-state index contributed by atoms with van der Waals surface area (Å²) < 4.78 is 1.07. The van der Waals surface area contributed by atoms with Gasteiger partial charge in [-0.3, -0.25) is 4.79 Å². The third-order valence-corrected chi connectivity index (χ3v) is 3.00. The molecule has 1 aromatic carbocycles. The normalized spacial score (nSPS) is 15.8. The van der Waals surface area contributed by atoms with E-state index in [9.17, 15) is 4.79 Å². The van der Waals surface area contributed by atoms with Gasteiger partial charge in [-0.2, -0.15) is 0 Å². The monoisotopic (exact) mass is 304 g/mol. The molecule has 88 valence electrons. The minimum atomic E-state index is 0. The fraction of sp³-hybridized carbons (Fsp3) is 0.364. The summed E-state index contributed by atoms with van der Waals surface area (Å²) in [5.41, 5.74) is 1.17. The second-order valence-corrected chi connectivity index (χ2v) is 4.53. The van der Waals surface area contributed by atoms with Crippen LogP contribution in [0.25, 0.3) is 0 Å². The largest absolute Gasteiger partial charge is 0.336 e. The van der Waals surface area contributed by atoms with E-state index in [0.717, 1.165) is 17.6 Å². The SMILES string of the molecule is Cl.O=C1CNCCN1Cc1ccc(Br)cc1. The highest BCUT2D eigenvalue weighted by atomic mass is 79.9. The van der Waals surface area contributed by atoms with Crippen molar-refractivity contribution >= 4 is 34.2 Å². The fourth-order valence-corrected chi connectivity index (χ4v) is 1.89. The lowest BCUT2D eigenvalue weighted by Gasteiger charge is -2.27. The van der Waals surface area contributed by atoms with Gasteiger partial charge in [0.2, 0.25) is 5.91 Å². The van der Waals surface area contributed by atoms with Crippen molar-refractivity contribution in [3.05, 3.63) is 34.3 Å². The van der Waals surface area contributed by atoms with Crippen molar-refractivity contribution in [2.45, 2.75) is 6.54 Å². The summed E-state index contributed by atoms with van der Waals surface area (Å²) in [5.74, 6) is 0.184. The van der Waals surface area contributed by atoms with Crippen molar-refractivity contribution in [3.63, 3.8) is 0 Å². The molecule has 0 unspecified atom stereocenters. The quantitative estimate of drug-likeness (QED) is 0.904. The van der Waals surface area contributed by atoms with Crippen LogP contribution in [0.2, 0.25) is 0 Å².